The Morgan fingerprint density at radius 2 is 2.19 bits per heavy atom. The molecule has 21 heavy (non-hydrogen) atoms. The molecule has 0 radical (unpaired) electrons. The Hall–Kier alpha value is -1.55. The molecule has 2 rings (SSSR count). The first-order valence-corrected chi connectivity index (χ1v) is 7.81. The van der Waals surface area contributed by atoms with E-state index in [1.165, 1.54) is 11.1 Å². The number of hydrogen-bond acceptors (Lipinski definition) is 3. The molecule has 0 saturated carbocycles. The molecule has 1 aromatic rings. The van der Waals surface area contributed by atoms with Crippen molar-refractivity contribution in [2.45, 2.75) is 45.6 Å². The zero-order valence-corrected chi connectivity index (χ0v) is 13.1. The molecule has 2 N–H and O–H groups in total. The molecule has 0 unspecified atom stereocenters. The van der Waals surface area contributed by atoms with Crippen LogP contribution in [0.2, 0.25) is 0 Å². The SMILES string of the molecule is Cc1ccc(OCCCC(=O)N2CCC[C@@H]2CN)cc1C. The average Bonchev–Trinajstić information content (AvgIpc) is 2.95. The van der Waals surface area contributed by atoms with Gasteiger partial charge in [0.1, 0.15) is 5.75 Å². The fourth-order valence-corrected chi connectivity index (χ4v) is 2.77. The van der Waals surface area contributed by atoms with Crippen molar-refractivity contribution in [1.82, 2.24) is 4.90 Å². The number of benzene rings is 1. The van der Waals surface area contributed by atoms with Crippen LogP contribution in [-0.2, 0) is 4.79 Å². The van der Waals surface area contributed by atoms with Crippen molar-refractivity contribution in [3.8, 4) is 5.75 Å². The Kier molecular flexibility index (Phi) is 5.62. The largest absolute Gasteiger partial charge is 0.494 e. The molecule has 1 aliphatic rings. The van der Waals surface area contributed by atoms with Crippen molar-refractivity contribution in [2.75, 3.05) is 19.7 Å². The number of likely N-dealkylation sites (tertiary alicyclic amines) is 1. The number of ether oxygens (including phenoxy) is 1. The van der Waals surface area contributed by atoms with Gasteiger partial charge >= 0.3 is 0 Å². The van der Waals surface area contributed by atoms with E-state index < -0.39 is 0 Å². The maximum atomic E-state index is 12.1. The predicted molar refractivity (Wildman–Crippen MR) is 84.4 cm³/mol. The normalized spacial score (nSPS) is 18.0. The summed E-state index contributed by atoms with van der Waals surface area (Å²) < 4.78 is 5.71. The van der Waals surface area contributed by atoms with Crippen LogP contribution in [0, 0.1) is 13.8 Å². The van der Waals surface area contributed by atoms with Crippen molar-refractivity contribution in [3.05, 3.63) is 29.3 Å². The van der Waals surface area contributed by atoms with Crippen molar-refractivity contribution >= 4 is 5.91 Å². The van der Waals surface area contributed by atoms with Crippen molar-refractivity contribution in [2.24, 2.45) is 5.73 Å². The predicted octanol–water partition coefficient (Wildman–Crippen LogP) is 2.41. The molecule has 1 saturated heterocycles. The van der Waals surface area contributed by atoms with E-state index in [9.17, 15) is 4.79 Å². The molecule has 0 bridgehead atoms. The van der Waals surface area contributed by atoms with Crippen LogP contribution in [0.4, 0.5) is 0 Å². The first-order chi connectivity index (χ1) is 10.1. The third kappa shape index (κ3) is 4.21. The molecule has 116 valence electrons. The van der Waals surface area contributed by atoms with Gasteiger partial charge in [0.2, 0.25) is 5.91 Å². The summed E-state index contributed by atoms with van der Waals surface area (Å²) in [4.78, 5) is 14.1. The Balaban J connectivity index is 1.71. The van der Waals surface area contributed by atoms with Crippen LogP contribution >= 0.6 is 0 Å². The van der Waals surface area contributed by atoms with Crippen LogP contribution in [0.3, 0.4) is 0 Å². The number of amides is 1. The lowest BCUT2D eigenvalue weighted by Gasteiger charge is -2.23. The van der Waals surface area contributed by atoms with E-state index in [0.717, 1.165) is 31.6 Å². The molecule has 0 aliphatic carbocycles. The standard InChI is InChI=1S/C17H26N2O2/c1-13-7-8-16(11-14(13)2)21-10-4-6-17(20)19-9-3-5-15(19)12-18/h7-8,11,15H,3-6,9-10,12,18H2,1-2H3/t15-/m1/s1. The Bertz CT molecular complexity index is 488. The third-order valence-corrected chi connectivity index (χ3v) is 4.25. The van der Waals surface area contributed by atoms with E-state index in [2.05, 4.69) is 19.9 Å². The van der Waals surface area contributed by atoms with E-state index in [1.54, 1.807) is 0 Å². The molecule has 0 spiro atoms. The van der Waals surface area contributed by atoms with Gasteiger partial charge in [-0.2, -0.15) is 0 Å². The molecule has 0 aromatic heterocycles. The van der Waals surface area contributed by atoms with Gasteiger partial charge in [-0.15, -0.1) is 0 Å². The summed E-state index contributed by atoms with van der Waals surface area (Å²) in [7, 11) is 0. The van der Waals surface area contributed by atoms with Gasteiger partial charge in [0.05, 0.1) is 6.61 Å². The number of aryl methyl sites for hydroxylation is 2. The van der Waals surface area contributed by atoms with Crippen molar-refractivity contribution in [1.29, 1.82) is 0 Å². The van der Waals surface area contributed by atoms with Crippen molar-refractivity contribution < 1.29 is 9.53 Å². The summed E-state index contributed by atoms with van der Waals surface area (Å²) in [5.74, 6) is 1.10. The van der Waals surface area contributed by atoms with Gasteiger partial charge in [0.25, 0.3) is 0 Å². The van der Waals surface area contributed by atoms with E-state index in [4.69, 9.17) is 10.5 Å². The fraction of sp³-hybridized carbons (Fsp3) is 0.588. The highest BCUT2D eigenvalue weighted by Gasteiger charge is 2.26. The van der Waals surface area contributed by atoms with E-state index >= 15 is 0 Å². The third-order valence-electron chi connectivity index (χ3n) is 4.25. The average molecular weight is 290 g/mol. The van der Waals surface area contributed by atoms with Crippen LogP contribution in [0.1, 0.15) is 36.8 Å². The Morgan fingerprint density at radius 3 is 2.90 bits per heavy atom. The van der Waals surface area contributed by atoms with Gasteiger partial charge in [-0.05, 0) is 56.4 Å². The molecule has 1 heterocycles. The summed E-state index contributed by atoms with van der Waals surface area (Å²) in [5, 5.41) is 0. The summed E-state index contributed by atoms with van der Waals surface area (Å²) in [6.07, 6.45) is 3.41. The van der Waals surface area contributed by atoms with Crippen LogP contribution in [0.15, 0.2) is 18.2 Å². The lowest BCUT2D eigenvalue weighted by molar-refractivity contribution is -0.132. The van der Waals surface area contributed by atoms with Gasteiger partial charge < -0.3 is 15.4 Å². The smallest absolute Gasteiger partial charge is 0.222 e. The highest BCUT2D eigenvalue weighted by atomic mass is 16.5. The minimum absolute atomic E-state index is 0.214. The molecule has 1 aromatic carbocycles. The summed E-state index contributed by atoms with van der Waals surface area (Å²) in [6.45, 7) is 6.17. The number of hydrogen-bond donors (Lipinski definition) is 1. The zero-order chi connectivity index (χ0) is 15.2. The lowest BCUT2D eigenvalue weighted by atomic mass is 10.1. The van der Waals surface area contributed by atoms with Gasteiger partial charge in [-0.1, -0.05) is 6.07 Å². The molecular formula is C17H26N2O2. The highest BCUT2D eigenvalue weighted by Crippen LogP contribution is 2.19. The van der Waals surface area contributed by atoms with Gasteiger partial charge in [0.15, 0.2) is 0 Å². The van der Waals surface area contributed by atoms with Gasteiger partial charge in [-0.3, -0.25) is 4.79 Å². The highest BCUT2D eigenvalue weighted by molar-refractivity contribution is 5.76. The number of carbonyl (C=O) groups is 1. The van der Waals surface area contributed by atoms with Crippen LogP contribution in [0.5, 0.6) is 5.75 Å². The van der Waals surface area contributed by atoms with Gasteiger partial charge in [-0.25, -0.2) is 0 Å². The maximum Gasteiger partial charge on any atom is 0.222 e. The Labute approximate surface area is 127 Å². The summed E-state index contributed by atoms with van der Waals surface area (Å²) in [6, 6.07) is 6.33. The van der Waals surface area contributed by atoms with Crippen molar-refractivity contribution in [3.63, 3.8) is 0 Å². The molecule has 4 heteroatoms. The lowest BCUT2D eigenvalue weighted by Crippen LogP contribution is -2.39. The second kappa shape index (κ2) is 7.46. The number of carbonyl (C=O) groups excluding carboxylic acids is 1. The fourth-order valence-electron chi connectivity index (χ4n) is 2.77. The molecule has 1 fully saturated rings. The zero-order valence-electron chi connectivity index (χ0n) is 13.1. The molecule has 1 aliphatic heterocycles. The number of nitrogens with two attached hydrogens (primary N) is 1. The summed E-state index contributed by atoms with van der Waals surface area (Å²) in [5.41, 5.74) is 8.19. The first-order valence-electron chi connectivity index (χ1n) is 7.81. The van der Waals surface area contributed by atoms with E-state index in [0.29, 0.717) is 19.6 Å². The van der Waals surface area contributed by atoms with Crippen LogP contribution in [0.25, 0.3) is 0 Å². The topological polar surface area (TPSA) is 55.6 Å². The monoisotopic (exact) mass is 290 g/mol. The van der Waals surface area contributed by atoms with E-state index in [1.807, 2.05) is 17.0 Å². The Morgan fingerprint density at radius 1 is 1.38 bits per heavy atom. The van der Waals surface area contributed by atoms with E-state index in [-0.39, 0.29) is 11.9 Å². The first kappa shape index (κ1) is 15.8. The quantitative estimate of drug-likeness (QED) is 0.819. The van der Waals surface area contributed by atoms with Crippen LogP contribution < -0.4 is 10.5 Å². The summed E-state index contributed by atoms with van der Waals surface area (Å²) >= 11 is 0. The molecular weight excluding hydrogens is 264 g/mol. The number of nitrogens with zero attached hydrogens (tertiary/aromatic N) is 1. The second-order valence-corrected chi connectivity index (χ2v) is 5.82. The van der Waals surface area contributed by atoms with Gasteiger partial charge in [0, 0.05) is 25.6 Å². The number of rotatable bonds is 6. The minimum Gasteiger partial charge on any atom is -0.494 e. The minimum atomic E-state index is 0.214. The second-order valence-electron chi connectivity index (χ2n) is 5.82. The molecule has 1 atom stereocenters. The maximum absolute atomic E-state index is 12.1. The van der Waals surface area contributed by atoms with Crippen LogP contribution in [-0.4, -0.2) is 36.5 Å². The molecule has 1 amide bonds. The molecule has 4 nitrogen and oxygen atoms in total.